The Morgan fingerprint density at radius 1 is 1.52 bits per heavy atom. The summed E-state index contributed by atoms with van der Waals surface area (Å²) in [4.78, 5) is 21.6. The quantitative estimate of drug-likeness (QED) is 0.711. The normalized spacial score (nSPS) is 29.6. The van der Waals surface area contributed by atoms with Gasteiger partial charge in [0.2, 0.25) is 5.91 Å². The molecule has 1 aromatic rings. The van der Waals surface area contributed by atoms with Crippen molar-refractivity contribution in [3.05, 3.63) is 18.2 Å². The largest absolute Gasteiger partial charge is 0.388 e. The highest BCUT2D eigenvalue weighted by molar-refractivity contribution is 7.99. The Kier molecular flexibility index (Phi) is 5.72. The zero-order valence-electron chi connectivity index (χ0n) is 15.0. The van der Waals surface area contributed by atoms with Crippen LogP contribution < -0.4 is 5.32 Å². The van der Waals surface area contributed by atoms with Crippen LogP contribution in [0.15, 0.2) is 12.5 Å². The van der Waals surface area contributed by atoms with Gasteiger partial charge in [-0.05, 0) is 32.4 Å². The van der Waals surface area contributed by atoms with E-state index in [2.05, 4.69) is 20.2 Å². The Balaban J connectivity index is 1.62. The van der Waals surface area contributed by atoms with Crippen molar-refractivity contribution >= 4 is 17.7 Å². The zero-order valence-corrected chi connectivity index (χ0v) is 15.8. The van der Waals surface area contributed by atoms with Gasteiger partial charge in [0, 0.05) is 38.1 Å². The lowest BCUT2D eigenvalue weighted by molar-refractivity contribution is -0.208. The minimum absolute atomic E-state index is 0.0252. The summed E-state index contributed by atoms with van der Waals surface area (Å²) < 4.78 is 6.09. The topological polar surface area (TPSA) is 90.5 Å². The maximum absolute atomic E-state index is 12.1. The molecular weight excluding hydrogens is 340 g/mol. The predicted molar refractivity (Wildman–Crippen MR) is 97.3 cm³/mol. The SMILES string of the molecule is CSCC(=O)N[C@]1(C)CCOC2(CCN(Cc3cnc[nH]3)CC2)[C@H]1O. The van der Waals surface area contributed by atoms with Crippen molar-refractivity contribution in [1.29, 1.82) is 0 Å². The molecule has 2 atom stereocenters. The second kappa shape index (κ2) is 7.65. The van der Waals surface area contributed by atoms with Crippen LogP contribution in [0.4, 0.5) is 0 Å². The van der Waals surface area contributed by atoms with Crippen molar-refractivity contribution in [2.45, 2.75) is 50.0 Å². The molecule has 3 rings (SSSR count). The molecule has 0 bridgehead atoms. The molecule has 3 heterocycles. The molecule has 2 aliphatic heterocycles. The van der Waals surface area contributed by atoms with E-state index in [-0.39, 0.29) is 5.91 Å². The minimum atomic E-state index is -0.700. The van der Waals surface area contributed by atoms with Crippen molar-refractivity contribution in [3.8, 4) is 0 Å². The highest BCUT2D eigenvalue weighted by atomic mass is 32.2. The first kappa shape index (κ1) is 18.7. The summed E-state index contributed by atoms with van der Waals surface area (Å²) in [6, 6.07) is 0. The van der Waals surface area contributed by atoms with E-state index in [4.69, 9.17) is 4.74 Å². The molecule has 2 aliphatic rings. The summed E-state index contributed by atoms with van der Waals surface area (Å²) in [5.74, 6) is 0.386. The molecule has 1 aromatic heterocycles. The van der Waals surface area contributed by atoms with E-state index in [0.29, 0.717) is 18.8 Å². The Hall–Kier alpha value is -1.09. The van der Waals surface area contributed by atoms with Gasteiger partial charge in [-0.3, -0.25) is 9.69 Å². The number of aromatic nitrogens is 2. The number of likely N-dealkylation sites (tertiary alicyclic amines) is 1. The maximum atomic E-state index is 12.1. The number of imidazole rings is 1. The van der Waals surface area contributed by atoms with Gasteiger partial charge in [-0.1, -0.05) is 0 Å². The molecule has 8 heteroatoms. The van der Waals surface area contributed by atoms with E-state index in [1.54, 1.807) is 6.33 Å². The van der Waals surface area contributed by atoms with E-state index in [1.807, 2.05) is 19.4 Å². The van der Waals surface area contributed by atoms with Crippen LogP contribution in [-0.4, -0.2) is 74.8 Å². The number of hydrogen-bond acceptors (Lipinski definition) is 6. The summed E-state index contributed by atoms with van der Waals surface area (Å²) >= 11 is 1.49. The van der Waals surface area contributed by atoms with Crippen LogP contribution in [0.3, 0.4) is 0 Å². The standard InChI is InChI=1S/C17H28N4O3S/c1-16(20-14(22)11-25-2)5-8-24-17(15(16)23)3-6-21(7-4-17)10-13-9-18-12-19-13/h9,12,15,23H,3-8,10-11H2,1-2H3,(H,18,19)(H,20,22)/t15-,16+/m0/s1. The van der Waals surface area contributed by atoms with Gasteiger partial charge in [0.1, 0.15) is 6.10 Å². The molecule has 0 aliphatic carbocycles. The number of rotatable bonds is 5. The highest BCUT2D eigenvalue weighted by Crippen LogP contribution is 2.40. The lowest BCUT2D eigenvalue weighted by atomic mass is 9.73. The van der Waals surface area contributed by atoms with Gasteiger partial charge in [0.05, 0.1) is 23.2 Å². The number of aromatic amines is 1. The molecule has 140 valence electrons. The van der Waals surface area contributed by atoms with Crippen LogP contribution in [0.1, 0.15) is 31.9 Å². The summed E-state index contributed by atoms with van der Waals surface area (Å²) in [5.41, 5.74) is -0.101. The van der Waals surface area contributed by atoms with Crippen LogP contribution >= 0.6 is 11.8 Å². The lowest BCUT2D eigenvalue weighted by Crippen LogP contribution is -2.69. The van der Waals surface area contributed by atoms with Crippen LogP contribution in [0, 0.1) is 0 Å². The van der Waals surface area contributed by atoms with E-state index < -0.39 is 17.2 Å². The molecule has 0 unspecified atom stereocenters. The van der Waals surface area contributed by atoms with Gasteiger partial charge in [0.15, 0.2) is 0 Å². The Labute approximate surface area is 152 Å². The number of ether oxygens (including phenoxy) is 1. The van der Waals surface area contributed by atoms with Crippen LogP contribution in [0.2, 0.25) is 0 Å². The van der Waals surface area contributed by atoms with Crippen molar-refractivity contribution in [3.63, 3.8) is 0 Å². The second-order valence-electron chi connectivity index (χ2n) is 7.32. The fourth-order valence-electron chi connectivity index (χ4n) is 4.00. The summed E-state index contributed by atoms with van der Waals surface area (Å²) in [6.45, 7) is 5.04. The molecule has 1 spiro atoms. The number of nitrogens with one attached hydrogen (secondary N) is 2. The lowest BCUT2D eigenvalue weighted by Gasteiger charge is -2.53. The summed E-state index contributed by atoms with van der Waals surface area (Å²) in [5, 5.41) is 14.1. The molecule has 0 radical (unpaired) electrons. The highest BCUT2D eigenvalue weighted by Gasteiger charge is 2.53. The number of aliphatic hydroxyl groups excluding tert-OH is 1. The number of hydrogen-bond donors (Lipinski definition) is 3. The van der Waals surface area contributed by atoms with Crippen molar-refractivity contribution in [1.82, 2.24) is 20.2 Å². The zero-order chi connectivity index (χ0) is 17.9. The first-order chi connectivity index (χ1) is 12.0. The van der Waals surface area contributed by atoms with Gasteiger partial charge in [0.25, 0.3) is 0 Å². The number of thioether (sulfide) groups is 1. The molecule has 2 saturated heterocycles. The number of H-pyrrole nitrogens is 1. The van der Waals surface area contributed by atoms with Crippen molar-refractivity contribution < 1.29 is 14.6 Å². The van der Waals surface area contributed by atoms with E-state index >= 15 is 0 Å². The number of piperidine rings is 1. The van der Waals surface area contributed by atoms with Gasteiger partial charge >= 0.3 is 0 Å². The monoisotopic (exact) mass is 368 g/mol. The minimum Gasteiger partial charge on any atom is -0.388 e. The van der Waals surface area contributed by atoms with E-state index in [9.17, 15) is 9.90 Å². The number of carbonyl (C=O) groups is 1. The Bertz CT molecular complexity index is 574. The predicted octanol–water partition coefficient (Wildman–Crippen LogP) is 0.763. The Morgan fingerprint density at radius 2 is 2.28 bits per heavy atom. The third-order valence-corrected chi connectivity index (χ3v) is 6.02. The molecule has 3 N–H and O–H groups in total. The molecule has 2 fully saturated rings. The third kappa shape index (κ3) is 4.02. The van der Waals surface area contributed by atoms with Crippen molar-refractivity contribution in [2.24, 2.45) is 0 Å². The van der Waals surface area contributed by atoms with Gasteiger partial charge < -0.3 is 20.1 Å². The first-order valence-electron chi connectivity index (χ1n) is 8.79. The fourth-order valence-corrected chi connectivity index (χ4v) is 4.33. The first-order valence-corrected chi connectivity index (χ1v) is 10.2. The second-order valence-corrected chi connectivity index (χ2v) is 8.18. The number of aliphatic hydroxyl groups is 1. The van der Waals surface area contributed by atoms with Crippen LogP contribution in [0.5, 0.6) is 0 Å². The summed E-state index contributed by atoms with van der Waals surface area (Å²) in [6.07, 6.45) is 6.89. The van der Waals surface area contributed by atoms with Crippen LogP contribution in [-0.2, 0) is 16.1 Å². The average Bonchev–Trinajstić information content (AvgIpc) is 3.08. The fraction of sp³-hybridized carbons (Fsp3) is 0.765. The third-order valence-electron chi connectivity index (χ3n) is 5.46. The Morgan fingerprint density at radius 3 is 2.92 bits per heavy atom. The van der Waals surface area contributed by atoms with Gasteiger partial charge in [-0.25, -0.2) is 4.98 Å². The molecular formula is C17H28N4O3S. The number of carbonyl (C=O) groups excluding carboxylic acids is 1. The molecule has 0 aromatic carbocycles. The maximum Gasteiger partial charge on any atom is 0.230 e. The van der Waals surface area contributed by atoms with Crippen molar-refractivity contribution in [2.75, 3.05) is 31.7 Å². The number of nitrogens with zero attached hydrogens (tertiary/aromatic N) is 2. The van der Waals surface area contributed by atoms with E-state index in [0.717, 1.165) is 38.2 Å². The molecule has 7 nitrogen and oxygen atoms in total. The van der Waals surface area contributed by atoms with Crippen LogP contribution in [0.25, 0.3) is 0 Å². The molecule has 1 amide bonds. The van der Waals surface area contributed by atoms with E-state index in [1.165, 1.54) is 11.8 Å². The van der Waals surface area contributed by atoms with Gasteiger partial charge in [-0.2, -0.15) is 11.8 Å². The number of amides is 1. The smallest absolute Gasteiger partial charge is 0.230 e. The summed E-state index contributed by atoms with van der Waals surface area (Å²) in [7, 11) is 0. The molecule has 25 heavy (non-hydrogen) atoms. The average molecular weight is 369 g/mol. The van der Waals surface area contributed by atoms with Gasteiger partial charge in [-0.15, -0.1) is 0 Å². The molecule has 0 saturated carbocycles.